The van der Waals surface area contributed by atoms with Crippen molar-refractivity contribution in [3.05, 3.63) is 52.8 Å². The lowest BCUT2D eigenvalue weighted by Crippen LogP contribution is -1.91. The third kappa shape index (κ3) is 2.30. The summed E-state index contributed by atoms with van der Waals surface area (Å²) in [6, 6.07) is 11.4. The number of rotatable bonds is 2. The van der Waals surface area contributed by atoms with Gasteiger partial charge in [-0.25, -0.2) is 4.39 Å². The molecule has 1 aromatic heterocycles. The van der Waals surface area contributed by atoms with Crippen LogP contribution >= 0.6 is 15.9 Å². The van der Waals surface area contributed by atoms with Crippen molar-refractivity contribution in [1.82, 2.24) is 10.1 Å². The van der Waals surface area contributed by atoms with Gasteiger partial charge in [-0.2, -0.15) is 4.98 Å². The van der Waals surface area contributed by atoms with Gasteiger partial charge in [-0.1, -0.05) is 23.4 Å². The number of aromatic nitrogens is 2. The summed E-state index contributed by atoms with van der Waals surface area (Å²) in [6.45, 7) is 0. The molecule has 0 bridgehead atoms. The molecule has 3 rings (SSSR count). The van der Waals surface area contributed by atoms with Gasteiger partial charge >= 0.3 is 0 Å². The largest absolute Gasteiger partial charge is 0.397 e. The molecule has 0 aliphatic rings. The number of para-hydroxylation sites is 1. The Balaban J connectivity index is 2.04. The molecule has 1 heterocycles. The Morgan fingerprint density at radius 1 is 1.15 bits per heavy atom. The fourth-order valence-electron chi connectivity index (χ4n) is 1.80. The molecular formula is C14H9BrFN3O. The maximum absolute atomic E-state index is 13.2. The molecule has 0 atom stereocenters. The Kier molecular flexibility index (Phi) is 3.23. The van der Waals surface area contributed by atoms with E-state index in [1.807, 2.05) is 12.1 Å². The number of anilines is 1. The second-order valence-electron chi connectivity index (χ2n) is 4.13. The van der Waals surface area contributed by atoms with Crippen LogP contribution in [-0.4, -0.2) is 10.1 Å². The number of halogens is 2. The topological polar surface area (TPSA) is 64.9 Å². The highest BCUT2D eigenvalue weighted by Gasteiger charge is 2.14. The standard InChI is InChI=1S/C14H9BrFN3O/c15-11-6-2-5-10(12(11)17)14-18-13(19-20-14)8-3-1-4-9(16)7-8/h1-7H,17H2. The molecular weight excluding hydrogens is 325 g/mol. The minimum atomic E-state index is -0.351. The summed E-state index contributed by atoms with van der Waals surface area (Å²) in [5.41, 5.74) is 7.65. The van der Waals surface area contributed by atoms with E-state index in [1.165, 1.54) is 12.1 Å². The monoisotopic (exact) mass is 333 g/mol. The highest BCUT2D eigenvalue weighted by Crippen LogP contribution is 2.31. The van der Waals surface area contributed by atoms with Crippen molar-refractivity contribution < 1.29 is 8.91 Å². The van der Waals surface area contributed by atoms with Crippen LogP contribution in [0.15, 0.2) is 51.5 Å². The Bertz CT molecular complexity index is 773. The van der Waals surface area contributed by atoms with Crippen LogP contribution in [0.4, 0.5) is 10.1 Å². The summed E-state index contributed by atoms with van der Waals surface area (Å²) < 4.78 is 19.1. The molecule has 3 aromatic rings. The van der Waals surface area contributed by atoms with Gasteiger partial charge in [0.2, 0.25) is 5.82 Å². The lowest BCUT2D eigenvalue weighted by Gasteiger charge is -2.01. The zero-order valence-corrected chi connectivity index (χ0v) is 11.8. The summed E-state index contributed by atoms with van der Waals surface area (Å²) in [6.07, 6.45) is 0. The summed E-state index contributed by atoms with van der Waals surface area (Å²) in [4.78, 5) is 4.25. The third-order valence-electron chi connectivity index (χ3n) is 2.79. The number of nitrogen functional groups attached to an aromatic ring is 1. The van der Waals surface area contributed by atoms with Crippen molar-refractivity contribution in [2.24, 2.45) is 0 Å². The number of benzene rings is 2. The van der Waals surface area contributed by atoms with E-state index in [4.69, 9.17) is 10.3 Å². The van der Waals surface area contributed by atoms with E-state index in [1.54, 1.807) is 18.2 Å². The fourth-order valence-corrected chi connectivity index (χ4v) is 2.17. The molecule has 0 saturated carbocycles. The van der Waals surface area contributed by atoms with Crippen LogP contribution in [0, 0.1) is 5.82 Å². The molecule has 6 heteroatoms. The second-order valence-corrected chi connectivity index (χ2v) is 4.99. The lowest BCUT2D eigenvalue weighted by molar-refractivity contribution is 0.432. The van der Waals surface area contributed by atoms with E-state index in [0.717, 1.165) is 4.47 Å². The first kappa shape index (κ1) is 12.8. The van der Waals surface area contributed by atoms with Gasteiger partial charge in [-0.05, 0) is 40.2 Å². The highest BCUT2D eigenvalue weighted by atomic mass is 79.9. The van der Waals surface area contributed by atoms with Gasteiger partial charge in [0.15, 0.2) is 0 Å². The Morgan fingerprint density at radius 3 is 2.75 bits per heavy atom. The maximum atomic E-state index is 13.2. The van der Waals surface area contributed by atoms with Crippen molar-refractivity contribution >= 4 is 21.6 Å². The van der Waals surface area contributed by atoms with Crippen molar-refractivity contribution in [2.45, 2.75) is 0 Å². The van der Waals surface area contributed by atoms with Gasteiger partial charge in [0.25, 0.3) is 5.89 Å². The molecule has 0 amide bonds. The zero-order valence-electron chi connectivity index (χ0n) is 10.2. The van der Waals surface area contributed by atoms with Crippen LogP contribution in [0.5, 0.6) is 0 Å². The fraction of sp³-hybridized carbons (Fsp3) is 0. The predicted octanol–water partition coefficient (Wildman–Crippen LogP) is 3.89. The summed E-state index contributed by atoms with van der Waals surface area (Å²) in [7, 11) is 0. The van der Waals surface area contributed by atoms with E-state index in [2.05, 4.69) is 26.1 Å². The minimum absolute atomic E-state index is 0.295. The van der Waals surface area contributed by atoms with Crippen LogP contribution in [-0.2, 0) is 0 Å². The van der Waals surface area contributed by atoms with Crippen LogP contribution in [0.3, 0.4) is 0 Å². The van der Waals surface area contributed by atoms with Crippen LogP contribution < -0.4 is 5.73 Å². The van der Waals surface area contributed by atoms with Crippen molar-refractivity contribution in [2.75, 3.05) is 5.73 Å². The first-order chi connectivity index (χ1) is 9.65. The predicted molar refractivity (Wildman–Crippen MR) is 77.2 cm³/mol. The Morgan fingerprint density at radius 2 is 1.95 bits per heavy atom. The normalized spacial score (nSPS) is 10.7. The number of nitrogens with two attached hydrogens (primary N) is 1. The average molecular weight is 334 g/mol. The summed E-state index contributed by atoms with van der Waals surface area (Å²) >= 11 is 3.34. The van der Waals surface area contributed by atoms with Crippen LogP contribution in [0.1, 0.15) is 0 Å². The molecule has 20 heavy (non-hydrogen) atoms. The van der Waals surface area contributed by atoms with E-state index in [-0.39, 0.29) is 5.82 Å². The molecule has 0 fully saturated rings. The number of hydrogen-bond donors (Lipinski definition) is 1. The van der Waals surface area contributed by atoms with Crippen LogP contribution in [0.2, 0.25) is 0 Å². The average Bonchev–Trinajstić information content (AvgIpc) is 2.91. The molecule has 0 spiro atoms. The molecule has 2 N–H and O–H groups in total. The van der Waals surface area contributed by atoms with Crippen molar-refractivity contribution in [3.63, 3.8) is 0 Å². The number of hydrogen-bond acceptors (Lipinski definition) is 4. The SMILES string of the molecule is Nc1c(Br)cccc1-c1nc(-c2cccc(F)c2)no1. The molecule has 100 valence electrons. The smallest absolute Gasteiger partial charge is 0.260 e. The van der Waals surface area contributed by atoms with Gasteiger partial charge in [0.1, 0.15) is 5.82 Å². The first-order valence-electron chi connectivity index (χ1n) is 5.79. The Hall–Kier alpha value is -2.21. The first-order valence-corrected chi connectivity index (χ1v) is 6.58. The summed E-state index contributed by atoms with van der Waals surface area (Å²) in [5, 5.41) is 3.85. The van der Waals surface area contributed by atoms with E-state index >= 15 is 0 Å². The van der Waals surface area contributed by atoms with Gasteiger partial charge in [0, 0.05) is 10.0 Å². The minimum Gasteiger partial charge on any atom is -0.397 e. The van der Waals surface area contributed by atoms with E-state index < -0.39 is 0 Å². The molecule has 0 radical (unpaired) electrons. The van der Waals surface area contributed by atoms with Gasteiger partial charge < -0.3 is 10.3 Å². The molecule has 0 aliphatic carbocycles. The maximum Gasteiger partial charge on any atom is 0.260 e. The highest BCUT2D eigenvalue weighted by molar-refractivity contribution is 9.10. The molecule has 4 nitrogen and oxygen atoms in total. The van der Waals surface area contributed by atoms with Crippen molar-refractivity contribution in [1.29, 1.82) is 0 Å². The Labute approximate surface area is 122 Å². The molecule has 2 aromatic carbocycles. The second kappa shape index (κ2) is 5.05. The lowest BCUT2D eigenvalue weighted by atomic mass is 10.2. The summed E-state index contributed by atoms with van der Waals surface area (Å²) in [5.74, 6) is 0.262. The van der Waals surface area contributed by atoms with Gasteiger partial charge in [-0.15, -0.1) is 0 Å². The third-order valence-corrected chi connectivity index (χ3v) is 3.48. The quantitative estimate of drug-likeness (QED) is 0.722. The molecule has 0 saturated heterocycles. The van der Waals surface area contributed by atoms with Crippen LogP contribution in [0.25, 0.3) is 22.8 Å². The van der Waals surface area contributed by atoms with Gasteiger partial charge in [-0.3, -0.25) is 0 Å². The number of nitrogens with zero attached hydrogens (tertiary/aromatic N) is 2. The van der Waals surface area contributed by atoms with Gasteiger partial charge in [0.05, 0.1) is 11.3 Å². The van der Waals surface area contributed by atoms with E-state index in [0.29, 0.717) is 28.5 Å². The zero-order chi connectivity index (χ0) is 14.1. The molecule has 0 unspecified atom stereocenters. The van der Waals surface area contributed by atoms with Crippen molar-refractivity contribution in [3.8, 4) is 22.8 Å². The van der Waals surface area contributed by atoms with E-state index in [9.17, 15) is 4.39 Å². The molecule has 0 aliphatic heterocycles.